The van der Waals surface area contributed by atoms with Gasteiger partial charge in [0.1, 0.15) is 11.9 Å². The molecule has 0 spiro atoms. The predicted octanol–water partition coefficient (Wildman–Crippen LogP) is 1.37. The molecule has 94 valence electrons. The van der Waals surface area contributed by atoms with Gasteiger partial charge in [-0.1, -0.05) is 0 Å². The molecule has 1 saturated carbocycles. The molecule has 0 atom stereocenters. The molecule has 1 fully saturated rings. The summed E-state index contributed by atoms with van der Waals surface area (Å²) in [6.45, 7) is 3.80. The van der Waals surface area contributed by atoms with E-state index in [1.807, 2.05) is 19.9 Å². The molecule has 17 heavy (non-hydrogen) atoms. The average molecular weight is 238 g/mol. The van der Waals surface area contributed by atoms with Gasteiger partial charge in [0.05, 0.1) is 0 Å². The Morgan fingerprint density at radius 3 is 2.88 bits per heavy atom. The van der Waals surface area contributed by atoms with Crippen LogP contribution in [0.3, 0.4) is 0 Å². The number of aromatic amines is 1. The Kier molecular flexibility index (Phi) is 3.21. The Balaban J connectivity index is 1.74. The Bertz CT molecular complexity index is 396. The van der Waals surface area contributed by atoms with Crippen molar-refractivity contribution < 1.29 is 9.53 Å². The van der Waals surface area contributed by atoms with Crippen LogP contribution in [0.15, 0.2) is 6.07 Å². The zero-order chi connectivity index (χ0) is 12.4. The summed E-state index contributed by atoms with van der Waals surface area (Å²) in [6, 6.07) is 1.93. The molecule has 0 saturated heterocycles. The number of hydrogen-bond donors (Lipinski definition) is 3. The van der Waals surface area contributed by atoms with Gasteiger partial charge in [-0.2, -0.15) is 5.10 Å². The molecule has 0 bridgehead atoms. The number of anilines is 1. The van der Waals surface area contributed by atoms with Gasteiger partial charge in [0, 0.05) is 23.7 Å². The van der Waals surface area contributed by atoms with Crippen LogP contribution in [0, 0.1) is 0 Å². The van der Waals surface area contributed by atoms with Crippen molar-refractivity contribution in [3.05, 3.63) is 11.8 Å². The highest BCUT2D eigenvalue weighted by Crippen LogP contribution is 2.38. The third-order valence-electron chi connectivity index (χ3n) is 2.83. The highest BCUT2D eigenvalue weighted by Gasteiger charge is 2.34. The SMILES string of the molecule is CC(C)NC(=O)OC1CC(c2cc(N)n[nH]2)C1. The number of nitrogen functional groups attached to an aromatic ring is 1. The summed E-state index contributed by atoms with van der Waals surface area (Å²) in [5.74, 6) is 0.874. The molecule has 1 aromatic rings. The Morgan fingerprint density at radius 2 is 2.35 bits per heavy atom. The molecule has 4 N–H and O–H groups in total. The van der Waals surface area contributed by atoms with Gasteiger partial charge in [-0.25, -0.2) is 4.79 Å². The summed E-state index contributed by atoms with van der Waals surface area (Å²) in [6.07, 6.45) is 1.32. The molecule has 0 aliphatic heterocycles. The van der Waals surface area contributed by atoms with Crippen LogP contribution in [0.1, 0.15) is 38.3 Å². The maximum Gasteiger partial charge on any atom is 0.407 e. The number of nitrogens with two attached hydrogens (primary N) is 1. The van der Waals surface area contributed by atoms with Crippen molar-refractivity contribution in [2.24, 2.45) is 0 Å². The maximum atomic E-state index is 11.3. The van der Waals surface area contributed by atoms with Crippen molar-refractivity contribution in [2.45, 2.75) is 44.8 Å². The first kappa shape index (κ1) is 11.8. The number of carbonyl (C=O) groups is 1. The molecule has 0 aromatic carbocycles. The van der Waals surface area contributed by atoms with Crippen molar-refractivity contribution in [2.75, 3.05) is 5.73 Å². The van der Waals surface area contributed by atoms with E-state index in [4.69, 9.17) is 10.5 Å². The summed E-state index contributed by atoms with van der Waals surface area (Å²) < 4.78 is 5.24. The number of ether oxygens (including phenoxy) is 1. The van der Waals surface area contributed by atoms with E-state index in [2.05, 4.69) is 15.5 Å². The minimum atomic E-state index is -0.340. The normalized spacial score (nSPS) is 23.2. The second kappa shape index (κ2) is 4.65. The molecule has 6 heteroatoms. The lowest BCUT2D eigenvalue weighted by atomic mass is 9.80. The molecule has 0 radical (unpaired) electrons. The van der Waals surface area contributed by atoms with Crippen LogP contribution < -0.4 is 11.1 Å². The van der Waals surface area contributed by atoms with Crippen LogP contribution in [0.25, 0.3) is 0 Å². The number of amides is 1. The summed E-state index contributed by atoms with van der Waals surface area (Å²) in [5, 5.41) is 9.46. The number of alkyl carbamates (subject to hydrolysis) is 1. The van der Waals surface area contributed by atoms with E-state index in [9.17, 15) is 4.79 Å². The second-order valence-electron chi connectivity index (χ2n) is 4.74. The first-order chi connectivity index (χ1) is 8.04. The van der Waals surface area contributed by atoms with E-state index in [1.54, 1.807) is 0 Å². The van der Waals surface area contributed by atoms with Crippen molar-refractivity contribution in [1.82, 2.24) is 15.5 Å². The number of carbonyl (C=O) groups excluding carboxylic acids is 1. The average Bonchev–Trinajstić information content (AvgIpc) is 2.56. The number of nitrogens with one attached hydrogen (secondary N) is 2. The fraction of sp³-hybridized carbons (Fsp3) is 0.636. The topological polar surface area (TPSA) is 93.0 Å². The quantitative estimate of drug-likeness (QED) is 0.741. The van der Waals surface area contributed by atoms with E-state index in [0.717, 1.165) is 18.5 Å². The lowest BCUT2D eigenvalue weighted by molar-refractivity contribution is 0.0374. The maximum absolute atomic E-state index is 11.3. The van der Waals surface area contributed by atoms with Crippen LogP contribution in [-0.2, 0) is 4.74 Å². The largest absolute Gasteiger partial charge is 0.446 e. The van der Waals surface area contributed by atoms with Crippen LogP contribution in [0.4, 0.5) is 10.6 Å². The van der Waals surface area contributed by atoms with Crippen LogP contribution in [0.2, 0.25) is 0 Å². The van der Waals surface area contributed by atoms with E-state index < -0.39 is 0 Å². The minimum Gasteiger partial charge on any atom is -0.446 e. The van der Waals surface area contributed by atoms with Crippen molar-refractivity contribution in [3.8, 4) is 0 Å². The first-order valence-electron chi connectivity index (χ1n) is 5.82. The van der Waals surface area contributed by atoms with Gasteiger partial charge >= 0.3 is 6.09 Å². The standard InChI is InChI=1S/C11H18N4O2/c1-6(2)13-11(16)17-8-3-7(4-8)9-5-10(12)15-14-9/h5-8H,3-4H2,1-2H3,(H,13,16)(H3,12,14,15). The van der Waals surface area contributed by atoms with Crippen molar-refractivity contribution >= 4 is 11.9 Å². The lowest BCUT2D eigenvalue weighted by Gasteiger charge is -2.33. The molecule has 1 aliphatic carbocycles. The Labute approximate surface area is 99.9 Å². The molecular weight excluding hydrogens is 220 g/mol. The molecule has 1 heterocycles. The van der Waals surface area contributed by atoms with Gasteiger partial charge in [-0.15, -0.1) is 0 Å². The van der Waals surface area contributed by atoms with E-state index in [-0.39, 0.29) is 18.2 Å². The van der Waals surface area contributed by atoms with Gasteiger partial charge < -0.3 is 15.8 Å². The van der Waals surface area contributed by atoms with Gasteiger partial charge in [0.15, 0.2) is 0 Å². The van der Waals surface area contributed by atoms with E-state index in [1.165, 1.54) is 0 Å². The zero-order valence-corrected chi connectivity index (χ0v) is 10.1. The zero-order valence-electron chi connectivity index (χ0n) is 10.1. The third-order valence-corrected chi connectivity index (χ3v) is 2.83. The highest BCUT2D eigenvalue weighted by molar-refractivity contribution is 5.67. The van der Waals surface area contributed by atoms with Gasteiger partial charge in [-0.05, 0) is 26.7 Å². The summed E-state index contributed by atoms with van der Waals surface area (Å²) >= 11 is 0. The highest BCUT2D eigenvalue weighted by atomic mass is 16.6. The lowest BCUT2D eigenvalue weighted by Crippen LogP contribution is -2.38. The minimum absolute atomic E-state index is 0.00303. The van der Waals surface area contributed by atoms with Gasteiger partial charge in [-0.3, -0.25) is 5.10 Å². The number of H-pyrrole nitrogens is 1. The van der Waals surface area contributed by atoms with Crippen LogP contribution in [0.5, 0.6) is 0 Å². The molecule has 6 nitrogen and oxygen atoms in total. The third kappa shape index (κ3) is 2.89. The smallest absolute Gasteiger partial charge is 0.407 e. The molecule has 2 rings (SSSR count). The van der Waals surface area contributed by atoms with Crippen LogP contribution >= 0.6 is 0 Å². The van der Waals surface area contributed by atoms with Crippen molar-refractivity contribution in [3.63, 3.8) is 0 Å². The summed E-state index contributed by atoms with van der Waals surface area (Å²) in [4.78, 5) is 11.3. The number of hydrogen-bond acceptors (Lipinski definition) is 4. The predicted molar refractivity (Wildman–Crippen MR) is 63.5 cm³/mol. The monoisotopic (exact) mass is 238 g/mol. The van der Waals surface area contributed by atoms with Gasteiger partial charge in [0.2, 0.25) is 0 Å². The second-order valence-corrected chi connectivity index (χ2v) is 4.74. The Hall–Kier alpha value is -1.72. The molecule has 1 aromatic heterocycles. The van der Waals surface area contributed by atoms with Crippen molar-refractivity contribution in [1.29, 1.82) is 0 Å². The molecule has 1 aliphatic rings. The number of rotatable bonds is 3. The molecule has 1 amide bonds. The molecule has 0 unspecified atom stereocenters. The first-order valence-corrected chi connectivity index (χ1v) is 5.82. The van der Waals surface area contributed by atoms with E-state index >= 15 is 0 Å². The summed E-state index contributed by atoms with van der Waals surface area (Å²) in [7, 11) is 0. The van der Waals surface area contributed by atoms with Gasteiger partial charge in [0.25, 0.3) is 0 Å². The number of aromatic nitrogens is 2. The summed E-state index contributed by atoms with van der Waals surface area (Å²) in [5.41, 5.74) is 6.55. The number of nitrogens with zero attached hydrogens (tertiary/aromatic N) is 1. The fourth-order valence-electron chi connectivity index (χ4n) is 1.90. The Morgan fingerprint density at radius 1 is 1.65 bits per heavy atom. The van der Waals surface area contributed by atoms with Crippen LogP contribution in [-0.4, -0.2) is 28.4 Å². The fourth-order valence-corrected chi connectivity index (χ4v) is 1.90. The molecular formula is C11H18N4O2. The van der Waals surface area contributed by atoms with E-state index in [0.29, 0.717) is 11.7 Å².